The number of carbonyl (C=O) groups is 3. The van der Waals surface area contributed by atoms with Crippen molar-refractivity contribution in [2.45, 2.75) is 161 Å². The molecule has 0 bridgehead atoms. The van der Waals surface area contributed by atoms with Crippen molar-refractivity contribution in [1.82, 2.24) is 5.32 Å². The molecule has 0 fully saturated rings. The van der Waals surface area contributed by atoms with Gasteiger partial charge in [-0.25, -0.2) is 4.79 Å². The van der Waals surface area contributed by atoms with Gasteiger partial charge in [0.05, 0.1) is 0 Å². The Morgan fingerprint density at radius 1 is 0.596 bits per heavy atom. The zero-order valence-electron chi connectivity index (χ0n) is 32.6. The highest BCUT2D eigenvalue weighted by Crippen LogP contribution is 2.13. The van der Waals surface area contributed by atoms with Crippen LogP contribution in [0.25, 0.3) is 0 Å². The van der Waals surface area contributed by atoms with Crippen LogP contribution in [0.1, 0.15) is 149 Å². The second-order valence-electron chi connectivity index (χ2n) is 13.0. The van der Waals surface area contributed by atoms with Gasteiger partial charge in [0, 0.05) is 12.8 Å². The number of carboxylic acid groups (broad SMARTS) is 1. The highest BCUT2D eigenvalue weighted by atomic mass is 16.5. The third-order valence-corrected chi connectivity index (χ3v) is 8.13. The summed E-state index contributed by atoms with van der Waals surface area (Å²) in [5.74, 6) is -1.46. The van der Waals surface area contributed by atoms with Crippen molar-refractivity contribution in [3.63, 3.8) is 0 Å². The van der Waals surface area contributed by atoms with Crippen LogP contribution in [0.2, 0.25) is 0 Å². The smallest absolute Gasteiger partial charge is 0.326 e. The Hall–Kier alpha value is -3.71. The number of hydrogen-bond acceptors (Lipinski definition) is 5. The number of hydrogen-bond donors (Lipinski definition) is 3. The second kappa shape index (κ2) is 38.5. The monoisotopic (exact) mass is 721 g/mol. The van der Waals surface area contributed by atoms with Gasteiger partial charge >= 0.3 is 11.9 Å². The van der Waals surface area contributed by atoms with Crippen LogP contribution in [-0.4, -0.2) is 41.6 Å². The van der Waals surface area contributed by atoms with E-state index in [4.69, 9.17) is 10.5 Å². The number of allylic oxidation sites excluding steroid dienone is 15. The summed E-state index contributed by atoms with van der Waals surface area (Å²) in [7, 11) is 0. The van der Waals surface area contributed by atoms with Gasteiger partial charge in [-0.3, -0.25) is 9.59 Å². The SMILES string of the molecule is CC/C=C\C/C=C\C/C=C\C/C=C\C/C=C\C/C=C\CCC(=O)OC(/C=C\C/C=C\CCCCC)CCCCCCC(=O)NC(CCCN)C(=O)O. The summed E-state index contributed by atoms with van der Waals surface area (Å²) in [6.07, 6.45) is 51.8. The Morgan fingerprint density at radius 3 is 1.69 bits per heavy atom. The minimum Gasteiger partial charge on any atom is -0.480 e. The standard InChI is InChI=1S/C45H72N2O5/c1-3-5-7-9-11-13-14-15-16-17-18-19-20-21-22-23-25-27-33-39-44(49)52-41(35-30-26-24-12-10-8-6-4-2)36-31-28-29-32-38-43(48)47-42(45(50)51)37-34-40-46/h5,7,11-13,15-16,18-19,21-22,24-25,27,30,35,41-42H,3-4,6,8-10,14,17,20,23,26,28-29,31-34,36-40,46H2,1-2H3,(H,47,48)(H,50,51)/b7-5-,13-11-,16-15-,19-18-,22-21-,24-12-,27-25-,35-30-. The molecule has 7 heteroatoms. The number of amides is 1. The maximum absolute atomic E-state index is 12.7. The molecule has 0 aromatic carbocycles. The van der Waals surface area contributed by atoms with Gasteiger partial charge in [-0.1, -0.05) is 131 Å². The van der Waals surface area contributed by atoms with Crippen LogP contribution < -0.4 is 11.1 Å². The highest BCUT2D eigenvalue weighted by molar-refractivity contribution is 5.83. The molecular formula is C45H72N2O5. The molecule has 0 saturated heterocycles. The normalized spacial score (nSPS) is 13.8. The Morgan fingerprint density at radius 2 is 1.13 bits per heavy atom. The molecule has 52 heavy (non-hydrogen) atoms. The number of nitrogens with two attached hydrogens (primary N) is 1. The maximum atomic E-state index is 12.7. The van der Waals surface area contributed by atoms with Crippen molar-refractivity contribution in [3.8, 4) is 0 Å². The van der Waals surface area contributed by atoms with Crippen molar-refractivity contribution in [1.29, 1.82) is 0 Å². The van der Waals surface area contributed by atoms with Crippen molar-refractivity contribution in [2.75, 3.05) is 6.54 Å². The van der Waals surface area contributed by atoms with E-state index in [1.807, 2.05) is 12.2 Å². The Kier molecular flexibility index (Phi) is 35.8. The summed E-state index contributed by atoms with van der Waals surface area (Å²) in [5.41, 5.74) is 5.47. The zero-order valence-corrected chi connectivity index (χ0v) is 32.6. The van der Waals surface area contributed by atoms with E-state index in [0.29, 0.717) is 45.1 Å². The largest absolute Gasteiger partial charge is 0.480 e. The van der Waals surface area contributed by atoms with E-state index in [0.717, 1.165) is 77.0 Å². The maximum Gasteiger partial charge on any atom is 0.326 e. The van der Waals surface area contributed by atoms with Gasteiger partial charge in [-0.15, -0.1) is 0 Å². The summed E-state index contributed by atoms with van der Waals surface area (Å²) in [6.45, 7) is 4.75. The lowest BCUT2D eigenvalue weighted by atomic mass is 10.1. The van der Waals surface area contributed by atoms with Gasteiger partial charge in [0.15, 0.2) is 0 Å². The van der Waals surface area contributed by atoms with Crippen molar-refractivity contribution < 1.29 is 24.2 Å². The third kappa shape index (κ3) is 34.7. The van der Waals surface area contributed by atoms with Gasteiger partial charge in [-0.05, 0) is 109 Å². The molecule has 2 atom stereocenters. The van der Waals surface area contributed by atoms with E-state index in [1.165, 1.54) is 19.3 Å². The van der Waals surface area contributed by atoms with Crippen LogP contribution in [0.15, 0.2) is 97.2 Å². The first kappa shape index (κ1) is 48.3. The van der Waals surface area contributed by atoms with Gasteiger partial charge in [0.2, 0.25) is 5.91 Å². The fourth-order valence-corrected chi connectivity index (χ4v) is 5.13. The molecule has 0 rings (SSSR count). The van der Waals surface area contributed by atoms with Gasteiger partial charge in [-0.2, -0.15) is 0 Å². The van der Waals surface area contributed by atoms with E-state index in [9.17, 15) is 19.5 Å². The predicted octanol–water partition coefficient (Wildman–Crippen LogP) is 11.1. The lowest BCUT2D eigenvalue weighted by molar-refractivity contribution is -0.147. The van der Waals surface area contributed by atoms with Crippen LogP contribution in [0, 0.1) is 0 Å². The molecule has 0 heterocycles. The molecule has 0 aliphatic carbocycles. The lowest BCUT2D eigenvalue weighted by Gasteiger charge is -2.15. The molecule has 0 aliphatic rings. The van der Waals surface area contributed by atoms with Crippen LogP contribution in [0.3, 0.4) is 0 Å². The predicted molar refractivity (Wildman–Crippen MR) is 220 cm³/mol. The van der Waals surface area contributed by atoms with Crippen molar-refractivity contribution >= 4 is 17.8 Å². The van der Waals surface area contributed by atoms with Crippen molar-refractivity contribution in [2.24, 2.45) is 5.73 Å². The molecule has 0 aromatic rings. The Labute approximate surface area is 317 Å². The summed E-state index contributed by atoms with van der Waals surface area (Å²) >= 11 is 0. The molecule has 4 N–H and O–H groups in total. The van der Waals surface area contributed by atoms with E-state index < -0.39 is 12.0 Å². The highest BCUT2D eigenvalue weighted by Gasteiger charge is 2.18. The molecule has 0 saturated carbocycles. The summed E-state index contributed by atoms with van der Waals surface area (Å²) in [5, 5.41) is 11.9. The number of rotatable bonds is 34. The minimum absolute atomic E-state index is 0.191. The molecule has 292 valence electrons. The fourth-order valence-electron chi connectivity index (χ4n) is 5.13. The zero-order chi connectivity index (χ0) is 38.2. The first-order valence-corrected chi connectivity index (χ1v) is 20.1. The topological polar surface area (TPSA) is 119 Å². The summed E-state index contributed by atoms with van der Waals surface area (Å²) in [6, 6.07) is -0.885. The number of esters is 1. The fraction of sp³-hybridized carbons (Fsp3) is 0.578. The molecule has 0 aliphatic heterocycles. The average molecular weight is 721 g/mol. The number of nitrogens with one attached hydrogen (secondary N) is 1. The van der Waals surface area contributed by atoms with Crippen molar-refractivity contribution in [3.05, 3.63) is 97.2 Å². The second-order valence-corrected chi connectivity index (χ2v) is 13.0. The van der Waals surface area contributed by atoms with Crippen LogP contribution in [0.4, 0.5) is 0 Å². The van der Waals surface area contributed by atoms with Gasteiger partial charge in [0.1, 0.15) is 12.1 Å². The lowest BCUT2D eigenvalue weighted by Crippen LogP contribution is -2.40. The summed E-state index contributed by atoms with van der Waals surface area (Å²) < 4.78 is 5.85. The summed E-state index contributed by atoms with van der Waals surface area (Å²) in [4.78, 5) is 36.2. The van der Waals surface area contributed by atoms with E-state index in [2.05, 4.69) is 104 Å². The molecule has 2 unspecified atom stereocenters. The number of aliphatic carboxylic acids is 1. The minimum atomic E-state index is -1.03. The number of carboxylic acids is 1. The number of ether oxygens (including phenoxy) is 1. The van der Waals surface area contributed by atoms with E-state index >= 15 is 0 Å². The van der Waals surface area contributed by atoms with E-state index in [1.54, 1.807) is 0 Å². The van der Waals surface area contributed by atoms with Gasteiger partial charge < -0.3 is 20.9 Å². The quantitative estimate of drug-likeness (QED) is 0.0346. The average Bonchev–Trinajstić information content (AvgIpc) is 3.13. The first-order valence-electron chi connectivity index (χ1n) is 20.1. The molecule has 1 amide bonds. The Bertz CT molecular complexity index is 1130. The van der Waals surface area contributed by atoms with Crippen LogP contribution >= 0.6 is 0 Å². The van der Waals surface area contributed by atoms with E-state index in [-0.39, 0.29) is 18.0 Å². The molecule has 0 spiro atoms. The van der Waals surface area contributed by atoms with Gasteiger partial charge in [0.25, 0.3) is 0 Å². The number of carbonyl (C=O) groups excluding carboxylic acids is 2. The molecule has 7 nitrogen and oxygen atoms in total. The number of unbranched alkanes of at least 4 members (excludes halogenated alkanes) is 6. The Balaban J connectivity index is 4.47. The molecular weight excluding hydrogens is 649 g/mol. The van der Waals surface area contributed by atoms with Crippen LogP contribution in [0.5, 0.6) is 0 Å². The first-order chi connectivity index (χ1) is 25.4. The molecule has 0 aromatic heterocycles. The molecule has 0 radical (unpaired) electrons. The van der Waals surface area contributed by atoms with Crippen LogP contribution in [-0.2, 0) is 19.1 Å². The third-order valence-electron chi connectivity index (χ3n) is 8.13.